The van der Waals surface area contributed by atoms with Gasteiger partial charge in [0.05, 0.1) is 19.8 Å². The van der Waals surface area contributed by atoms with Gasteiger partial charge in [-0.05, 0) is 0 Å². The maximum atomic E-state index is 5.19. The first-order chi connectivity index (χ1) is 3.93. The van der Waals surface area contributed by atoms with Gasteiger partial charge >= 0.3 is 0 Å². The smallest absolute Gasteiger partial charge is 0.104 e. The van der Waals surface area contributed by atoms with Crippen LogP contribution in [-0.2, 0) is 9.47 Å². The Kier molecular flexibility index (Phi) is 5.09. The highest BCUT2D eigenvalue weighted by Gasteiger charge is 2.17. The lowest BCUT2D eigenvalue weighted by atomic mass is 10.3. The van der Waals surface area contributed by atoms with Gasteiger partial charge in [0.1, 0.15) is 6.10 Å². The van der Waals surface area contributed by atoms with Crippen molar-refractivity contribution in [3.63, 3.8) is 0 Å². The fourth-order valence-electron chi connectivity index (χ4n) is 0.545. The summed E-state index contributed by atoms with van der Waals surface area (Å²) in [6.07, 6.45) is 0.332. The molecule has 0 unspecified atom stereocenters. The molecule has 3 nitrogen and oxygen atoms in total. The average molecular weight is 154 g/mol. The van der Waals surface area contributed by atoms with E-state index in [-0.39, 0.29) is 12.4 Å². The molecule has 0 amide bonds. The molecule has 1 heterocycles. The minimum atomic E-state index is 0. The molecule has 0 atom stereocenters. The van der Waals surface area contributed by atoms with Crippen molar-refractivity contribution in [2.24, 2.45) is 5.73 Å². The standard InChI is InChI=1S/C5H11NO2.ClH/c6-1-2-8-5-3-7-4-5;/h5H,1-4,6H2;1H. The fraction of sp³-hybridized carbons (Fsp3) is 1.00. The largest absolute Gasteiger partial charge is 0.376 e. The summed E-state index contributed by atoms with van der Waals surface area (Å²) in [5, 5.41) is 0. The number of hydrogen-bond acceptors (Lipinski definition) is 3. The first kappa shape index (κ1) is 9.17. The average Bonchev–Trinajstić information content (AvgIpc) is 1.63. The summed E-state index contributed by atoms with van der Waals surface area (Å²) in [6.45, 7) is 2.77. The summed E-state index contributed by atoms with van der Waals surface area (Å²) in [5.74, 6) is 0. The third kappa shape index (κ3) is 3.01. The zero-order valence-electron chi connectivity index (χ0n) is 5.21. The van der Waals surface area contributed by atoms with Crippen LogP contribution >= 0.6 is 12.4 Å². The highest BCUT2D eigenvalue weighted by Crippen LogP contribution is 2.03. The predicted molar refractivity (Wildman–Crippen MR) is 36.9 cm³/mol. The molecule has 2 N–H and O–H groups in total. The predicted octanol–water partition coefficient (Wildman–Crippen LogP) is -0.218. The lowest BCUT2D eigenvalue weighted by Crippen LogP contribution is -2.37. The molecule has 0 spiro atoms. The van der Waals surface area contributed by atoms with Crippen molar-refractivity contribution in [3.8, 4) is 0 Å². The lowest BCUT2D eigenvalue weighted by Gasteiger charge is -2.25. The van der Waals surface area contributed by atoms with E-state index in [1.807, 2.05) is 0 Å². The van der Waals surface area contributed by atoms with Crippen LogP contribution in [0.1, 0.15) is 0 Å². The second kappa shape index (κ2) is 4.99. The summed E-state index contributed by atoms with van der Waals surface area (Å²) >= 11 is 0. The third-order valence-electron chi connectivity index (χ3n) is 1.08. The summed E-state index contributed by atoms with van der Waals surface area (Å²) < 4.78 is 10.0. The van der Waals surface area contributed by atoms with Crippen molar-refractivity contribution >= 4 is 12.4 Å². The molecule has 0 aromatic heterocycles. The number of ether oxygens (including phenoxy) is 2. The van der Waals surface area contributed by atoms with Crippen LogP contribution in [0.5, 0.6) is 0 Å². The lowest BCUT2D eigenvalue weighted by molar-refractivity contribution is -0.127. The molecule has 1 saturated heterocycles. The Labute approximate surface area is 60.9 Å². The Bertz CT molecular complexity index is 68.0. The van der Waals surface area contributed by atoms with Crippen LogP contribution in [0.15, 0.2) is 0 Å². The monoisotopic (exact) mass is 153 g/mol. The number of rotatable bonds is 3. The van der Waals surface area contributed by atoms with Gasteiger partial charge in [-0.3, -0.25) is 0 Å². The minimum Gasteiger partial charge on any atom is -0.376 e. The summed E-state index contributed by atoms with van der Waals surface area (Å²) in [5.41, 5.74) is 5.19. The summed E-state index contributed by atoms with van der Waals surface area (Å²) in [4.78, 5) is 0. The first-order valence-corrected chi connectivity index (χ1v) is 2.83. The van der Waals surface area contributed by atoms with E-state index in [0.717, 1.165) is 13.2 Å². The van der Waals surface area contributed by atoms with Crippen molar-refractivity contribution in [1.29, 1.82) is 0 Å². The molecule has 0 bridgehead atoms. The van der Waals surface area contributed by atoms with Gasteiger partial charge in [-0.25, -0.2) is 0 Å². The molecule has 9 heavy (non-hydrogen) atoms. The van der Waals surface area contributed by atoms with E-state index in [1.165, 1.54) is 0 Å². The molecule has 4 heteroatoms. The fourth-order valence-corrected chi connectivity index (χ4v) is 0.545. The van der Waals surface area contributed by atoms with Gasteiger partial charge < -0.3 is 15.2 Å². The summed E-state index contributed by atoms with van der Waals surface area (Å²) in [6, 6.07) is 0. The molecule has 56 valence electrons. The number of nitrogens with two attached hydrogens (primary N) is 1. The third-order valence-corrected chi connectivity index (χ3v) is 1.08. The van der Waals surface area contributed by atoms with Crippen molar-refractivity contribution in [2.75, 3.05) is 26.4 Å². The van der Waals surface area contributed by atoms with E-state index >= 15 is 0 Å². The van der Waals surface area contributed by atoms with Gasteiger partial charge in [0.15, 0.2) is 0 Å². The first-order valence-electron chi connectivity index (χ1n) is 2.83. The van der Waals surface area contributed by atoms with Gasteiger partial charge in [-0.1, -0.05) is 0 Å². The maximum Gasteiger partial charge on any atom is 0.104 e. The van der Waals surface area contributed by atoms with E-state index < -0.39 is 0 Å². The van der Waals surface area contributed by atoms with E-state index in [4.69, 9.17) is 15.2 Å². The quantitative estimate of drug-likeness (QED) is 0.610. The molecule has 0 aromatic rings. The SMILES string of the molecule is Cl.NCCOC1COC1. The minimum absolute atomic E-state index is 0. The topological polar surface area (TPSA) is 44.5 Å². The Morgan fingerprint density at radius 2 is 2.22 bits per heavy atom. The second-order valence-corrected chi connectivity index (χ2v) is 1.82. The second-order valence-electron chi connectivity index (χ2n) is 1.82. The van der Waals surface area contributed by atoms with E-state index in [1.54, 1.807) is 0 Å². The maximum absolute atomic E-state index is 5.19. The van der Waals surface area contributed by atoms with Crippen molar-refractivity contribution in [2.45, 2.75) is 6.10 Å². The highest BCUT2D eigenvalue weighted by molar-refractivity contribution is 5.85. The van der Waals surface area contributed by atoms with Crippen LogP contribution < -0.4 is 5.73 Å². The van der Waals surface area contributed by atoms with Crippen molar-refractivity contribution in [1.82, 2.24) is 0 Å². The molecule has 1 aliphatic rings. The van der Waals surface area contributed by atoms with E-state index in [2.05, 4.69) is 0 Å². The van der Waals surface area contributed by atoms with Crippen LogP contribution in [0.25, 0.3) is 0 Å². The Morgan fingerprint density at radius 3 is 2.56 bits per heavy atom. The van der Waals surface area contributed by atoms with Crippen LogP contribution in [0.3, 0.4) is 0 Å². The summed E-state index contributed by atoms with van der Waals surface area (Å²) in [7, 11) is 0. The molecule has 1 rings (SSSR count). The van der Waals surface area contributed by atoms with Crippen molar-refractivity contribution in [3.05, 3.63) is 0 Å². The molecular weight excluding hydrogens is 142 g/mol. The Balaban J connectivity index is 0.000000640. The van der Waals surface area contributed by atoms with Gasteiger partial charge in [0, 0.05) is 6.54 Å². The number of halogens is 1. The number of hydrogen-bond donors (Lipinski definition) is 1. The van der Waals surface area contributed by atoms with Crippen molar-refractivity contribution < 1.29 is 9.47 Å². The van der Waals surface area contributed by atoms with Gasteiger partial charge in [-0.15, -0.1) is 12.4 Å². The van der Waals surface area contributed by atoms with E-state index in [9.17, 15) is 0 Å². The zero-order chi connectivity index (χ0) is 5.82. The molecular formula is C5H12ClNO2. The van der Waals surface area contributed by atoms with Crippen LogP contribution in [0.2, 0.25) is 0 Å². The molecule has 0 radical (unpaired) electrons. The molecule has 0 aliphatic carbocycles. The van der Waals surface area contributed by atoms with Gasteiger partial charge in [-0.2, -0.15) is 0 Å². The van der Waals surface area contributed by atoms with Gasteiger partial charge in [0.25, 0.3) is 0 Å². The molecule has 0 aromatic carbocycles. The molecule has 0 saturated carbocycles. The van der Waals surface area contributed by atoms with Crippen LogP contribution in [0, 0.1) is 0 Å². The van der Waals surface area contributed by atoms with Crippen LogP contribution in [-0.4, -0.2) is 32.5 Å². The molecule has 1 aliphatic heterocycles. The Hall–Kier alpha value is 0.170. The normalized spacial score (nSPS) is 18.3. The zero-order valence-corrected chi connectivity index (χ0v) is 6.02. The highest BCUT2D eigenvalue weighted by atomic mass is 35.5. The van der Waals surface area contributed by atoms with Crippen LogP contribution in [0.4, 0.5) is 0 Å². The van der Waals surface area contributed by atoms with Gasteiger partial charge in [0.2, 0.25) is 0 Å². The van der Waals surface area contributed by atoms with E-state index in [0.29, 0.717) is 19.3 Å². The molecule has 1 fully saturated rings. The Morgan fingerprint density at radius 1 is 1.56 bits per heavy atom.